The van der Waals surface area contributed by atoms with E-state index in [1.807, 2.05) is 4.90 Å². The van der Waals surface area contributed by atoms with Crippen LogP contribution in [-0.4, -0.2) is 62.8 Å². The van der Waals surface area contributed by atoms with E-state index in [9.17, 15) is 4.79 Å². The van der Waals surface area contributed by atoms with Gasteiger partial charge >= 0.3 is 6.03 Å². The Morgan fingerprint density at radius 3 is 2.37 bits per heavy atom. The Morgan fingerprint density at radius 1 is 1.07 bits per heavy atom. The molecule has 2 aliphatic rings. The summed E-state index contributed by atoms with van der Waals surface area (Å²) >= 11 is 6.19. The lowest BCUT2D eigenvalue weighted by molar-refractivity contribution is 0.142. The van der Waals surface area contributed by atoms with Gasteiger partial charge in [0.05, 0.1) is 24.9 Å². The minimum Gasteiger partial charge on any atom is -0.495 e. The molecule has 0 aliphatic carbocycles. The molecule has 0 radical (unpaired) electrons. The Morgan fingerprint density at radius 2 is 1.74 bits per heavy atom. The lowest BCUT2D eigenvalue weighted by atomic mass is 9.95. The minimum absolute atomic E-state index is 0.106. The topological polar surface area (TPSA) is 54.0 Å². The van der Waals surface area contributed by atoms with E-state index in [1.54, 1.807) is 26.4 Å². The highest BCUT2D eigenvalue weighted by molar-refractivity contribution is 6.32. The van der Waals surface area contributed by atoms with Crippen molar-refractivity contribution in [3.8, 4) is 11.5 Å². The summed E-state index contributed by atoms with van der Waals surface area (Å²) in [7, 11) is 3.11. The molecule has 0 unspecified atom stereocenters. The van der Waals surface area contributed by atoms with Crippen molar-refractivity contribution in [2.45, 2.75) is 32.1 Å². The van der Waals surface area contributed by atoms with Crippen LogP contribution in [0, 0.1) is 5.92 Å². The fourth-order valence-electron chi connectivity index (χ4n) is 3.98. The number of benzene rings is 1. The van der Waals surface area contributed by atoms with Gasteiger partial charge in [-0.25, -0.2) is 4.79 Å². The smallest absolute Gasteiger partial charge is 0.321 e. The molecule has 0 aromatic heterocycles. The molecule has 0 bridgehead atoms. The summed E-state index contributed by atoms with van der Waals surface area (Å²) in [5.74, 6) is 1.74. The number of hydrogen-bond donors (Lipinski definition) is 1. The lowest BCUT2D eigenvalue weighted by Crippen LogP contribution is -2.44. The Bertz CT molecular complexity index is 642. The van der Waals surface area contributed by atoms with Gasteiger partial charge in [-0.3, -0.25) is 0 Å². The van der Waals surface area contributed by atoms with Crippen LogP contribution in [-0.2, 0) is 0 Å². The van der Waals surface area contributed by atoms with Gasteiger partial charge in [0.1, 0.15) is 11.5 Å². The van der Waals surface area contributed by atoms with Crippen molar-refractivity contribution in [2.24, 2.45) is 5.92 Å². The van der Waals surface area contributed by atoms with Gasteiger partial charge in [-0.1, -0.05) is 18.0 Å². The predicted octanol–water partition coefficient (Wildman–Crippen LogP) is 4.09. The minimum atomic E-state index is -0.106. The summed E-state index contributed by atoms with van der Waals surface area (Å²) in [6.07, 6.45) is 6.14. The molecule has 27 heavy (non-hydrogen) atoms. The molecule has 0 saturated carbocycles. The maximum absolute atomic E-state index is 12.7. The third-order valence-electron chi connectivity index (χ3n) is 5.58. The van der Waals surface area contributed by atoms with Crippen LogP contribution in [0.5, 0.6) is 11.5 Å². The van der Waals surface area contributed by atoms with E-state index >= 15 is 0 Å². The third-order valence-corrected chi connectivity index (χ3v) is 5.88. The van der Waals surface area contributed by atoms with Gasteiger partial charge in [-0.2, -0.15) is 0 Å². The number of carbonyl (C=O) groups is 1. The van der Waals surface area contributed by atoms with E-state index < -0.39 is 0 Å². The molecule has 6 nitrogen and oxygen atoms in total. The van der Waals surface area contributed by atoms with Gasteiger partial charge in [0.15, 0.2) is 0 Å². The van der Waals surface area contributed by atoms with Gasteiger partial charge in [-0.15, -0.1) is 0 Å². The van der Waals surface area contributed by atoms with Gasteiger partial charge in [0.25, 0.3) is 0 Å². The number of amides is 2. The van der Waals surface area contributed by atoms with E-state index in [-0.39, 0.29) is 6.03 Å². The van der Waals surface area contributed by atoms with Gasteiger partial charge in [-0.05, 0) is 50.8 Å². The highest BCUT2D eigenvalue weighted by Crippen LogP contribution is 2.36. The van der Waals surface area contributed by atoms with Crippen molar-refractivity contribution in [1.29, 1.82) is 0 Å². The third kappa shape index (κ3) is 5.20. The molecule has 3 rings (SSSR count). The Balaban J connectivity index is 1.53. The first-order chi connectivity index (χ1) is 13.1. The fraction of sp³-hybridized carbons (Fsp3) is 0.650. The number of nitrogens with zero attached hydrogens (tertiary/aromatic N) is 2. The highest BCUT2D eigenvalue weighted by atomic mass is 35.5. The number of ether oxygens (including phenoxy) is 2. The molecule has 2 amide bonds. The van der Waals surface area contributed by atoms with Gasteiger partial charge < -0.3 is 24.6 Å². The van der Waals surface area contributed by atoms with Crippen LogP contribution in [0.25, 0.3) is 0 Å². The number of piperidine rings is 2. The van der Waals surface area contributed by atoms with Crippen molar-refractivity contribution in [3.63, 3.8) is 0 Å². The molecule has 2 saturated heterocycles. The number of likely N-dealkylation sites (tertiary alicyclic amines) is 2. The van der Waals surface area contributed by atoms with E-state index in [1.165, 1.54) is 38.9 Å². The van der Waals surface area contributed by atoms with Crippen molar-refractivity contribution in [1.82, 2.24) is 9.80 Å². The molecule has 1 N–H and O–H groups in total. The molecule has 1 aromatic rings. The van der Waals surface area contributed by atoms with Crippen LogP contribution >= 0.6 is 11.6 Å². The zero-order valence-electron chi connectivity index (χ0n) is 16.3. The molecule has 2 aliphatic heterocycles. The van der Waals surface area contributed by atoms with Crippen LogP contribution in [0.1, 0.15) is 32.1 Å². The summed E-state index contributed by atoms with van der Waals surface area (Å²) in [6.45, 7) is 5.22. The average Bonchev–Trinajstić information content (AvgIpc) is 2.69. The van der Waals surface area contributed by atoms with Crippen molar-refractivity contribution in [2.75, 3.05) is 52.3 Å². The van der Waals surface area contributed by atoms with Gasteiger partial charge in [0.2, 0.25) is 0 Å². The summed E-state index contributed by atoms with van der Waals surface area (Å²) in [5.41, 5.74) is 0.559. The highest BCUT2D eigenvalue weighted by Gasteiger charge is 2.25. The quantitative estimate of drug-likeness (QED) is 0.815. The lowest BCUT2D eigenvalue weighted by Gasteiger charge is -2.36. The second-order valence-corrected chi connectivity index (χ2v) is 7.82. The van der Waals surface area contributed by atoms with E-state index in [4.69, 9.17) is 21.1 Å². The second-order valence-electron chi connectivity index (χ2n) is 7.41. The predicted molar refractivity (Wildman–Crippen MR) is 108 cm³/mol. The van der Waals surface area contributed by atoms with E-state index in [0.717, 1.165) is 25.9 Å². The van der Waals surface area contributed by atoms with Crippen LogP contribution in [0.2, 0.25) is 5.02 Å². The Hall–Kier alpha value is -1.66. The maximum atomic E-state index is 12.7. The number of carbonyl (C=O) groups excluding carboxylic acids is 1. The first kappa shape index (κ1) is 20.1. The number of urea groups is 1. The fourth-order valence-corrected chi connectivity index (χ4v) is 4.22. The molecule has 0 atom stereocenters. The van der Waals surface area contributed by atoms with Crippen molar-refractivity contribution >= 4 is 23.3 Å². The van der Waals surface area contributed by atoms with Crippen LogP contribution in [0.15, 0.2) is 12.1 Å². The van der Waals surface area contributed by atoms with Crippen molar-refractivity contribution in [3.05, 3.63) is 17.2 Å². The largest absolute Gasteiger partial charge is 0.495 e. The average molecular weight is 396 g/mol. The molecule has 0 spiro atoms. The standard InChI is InChI=1S/C20H30ClN3O3/c1-26-18-13-19(27-2)17(12-16(18)21)22-20(25)24-10-6-15(7-11-24)14-23-8-4-3-5-9-23/h12-13,15H,3-11,14H2,1-2H3,(H,22,25). The molecule has 2 heterocycles. The summed E-state index contributed by atoms with van der Waals surface area (Å²) in [4.78, 5) is 17.1. The molecule has 7 heteroatoms. The summed E-state index contributed by atoms with van der Waals surface area (Å²) in [6, 6.07) is 3.24. The number of hydrogen-bond acceptors (Lipinski definition) is 4. The Kier molecular flexibility index (Phi) is 7.07. The first-order valence-electron chi connectivity index (χ1n) is 9.80. The normalized spacial score (nSPS) is 19.0. The SMILES string of the molecule is COc1cc(OC)c(NC(=O)N2CCC(CN3CCCCC3)CC2)cc1Cl. The van der Waals surface area contributed by atoms with E-state index in [2.05, 4.69) is 10.2 Å². The molecular weight excluding hydrogens is 366 g/mol. The van der Waals surface area contributed by atoms with Crippen LogP contribution in [0.3, 0.4) is 0 Å². The number of rotatable bonds is 5. The zero-order chi connectivity index (χ0) is 19.2. The van der Waals surface area contributed by atoms with Crippen molar-refractivity contribution < 1.29 is 14.3 Å². The second kappa shape index (κ2) is 9.51. The zero-order valence-corrected chi connectivity index (χ0v) is 17.1. The number of nitrogens with one attached hydrogen (secondary N) is 1. The Labute approximate surface area is 166 Å². The number of halogens is 1. The summed E-state index contributed by atoms with van der Waals surface area (Å²) < 4.78 is 10.6. The molecule has 150 valence electrons. The van der Waals surface area contributed by atoms with Crippen LogP contribution in [0.4, 0.5) is 10.5 Å². The van der Waals surface area contributed by atoms with E-state index in [0.29, 0.717) is 28.1 Å². The summed E-state index contributed by atoms with van der Waals surface area (Å²) in [5, 5.41) is 3.37. The number of methoxy groups -OCH3 is 2. The van der Waals surface area contributed by atoms with Crippen LogP contribution < -0.4 is 14.8 Å². The molecule has 1 aromatic carbocycles. The monoisotopic (exact) mass is 395 g/mol. The number of anilines is 1. The van der Waals surface area contributed by atoms with Gasteiger partial charge in [0, 0.05) is 25.7 Å². The molecular formula is C20H30ClN3O3. The molecule has 2 fully saturated rings. The maximum Gasteiger partial charge on any atom is 0.321 e. The first-order valence-corrected chi connectivity index (χ1v) is 10.2.